The fraction of sp³-hybridized carbons (Fsp3) is 0.818. The number of aromatic nitrogens is 2. The third kappa shape index (κ3) is 1.94. The van der Waals surface area contributed by atoms with Crippen LogP contribution in [0.4, 0.5) is 5.13 Å². The van der Waals surface area contributed by atoms with E-state index in [1.807, 2.05) is 0 Å². The van der Waals surface area contributed by atoms with E-state index < -0.39 is 0 Å². The first-order valence-electron chi connectivity index (χ1n) is 6.09. The van der Waals surface area contributed by atoms with E-state index in [1.165, 1.54) is 12.8 Å². The van der Waals surface area contributed by atoms with E-state index in [-0.39, 0.29) is 0 Å². The lowest BCUT2D eigenvalue weighted by Gasteiger charge is -2.18. The van der Waals surface area contributed by atoms with Gasteiger partial charge in [0.2, 0.25) is 5.13 Å². The molecule has 1 aromatic heterocycles. The number of fused-ring (bicyclic) bond motifs is 2. The molecule has 1 aromatic rings. The van der Waals surface area contributed by atoms with Crippen molar-refractivity contribution >= 4 is 16.5 Å². The molecule has 0 saturated carbocycles. The molecule has 2 fully saturated rings. The zero-order chi connectivity index (χ0) is 11.0. The lowest BCUT2D eigenvalue weighted by atomic mass is 9.96. The summed E-state index contributed by atoms with van der Waals surface area (Å²) in [5.41, 5.74) is 0. The molecule has 1 N–H and O–H groups in total. The lowest BCUT2D eigenvalue weighted by molar-refractivity contribution is 0.102. The Morgan fingerprint density at radius 2 is 2.38 bits per heavy atom. The first-order valence-corrected chi connectivity index (χ1v) is 6.91. The molecule has 5 heteroatoms. The van der Waals surface area contributed by atoms with Crippen LogP contribution >= 0.6 is 11.3 Å². The molecule has 0 amide bonds. The van der Waals surface area contributed by atoms with Crippen molar-refractivity contribution < 1.29 is 4.74 Å². The van der Waals surface area contributed by atoms with Gasteiger partial charge in [0.15, 0.2) is 0 Å². The molecular formula is C11H17N3OS. The number of hydrogen-bond donors (Lipinski definition) is 1. The van der Waals surface area contributed by atoms with Crippen LogP contribution in [0.5, 0.6) is 0 Å². The molecule has 3 rings (SSSR count). The Morgan fingerprint density at radius 1 is 1.44 bits per heavy atom. The molecule has 4 nitrogen and oxygen atoms in total. The van der Waals surface area contributed by atoms with Gasteiger partial charge in [0, 0.05) is 6.42 Å². The van der Waals surface area contributed by atoms with Gasteiger partial charge in [-0.25, -0.2) is 0 Å². The number of rotatable bonds is 4. The van der Waals surface area contributed by atoms with Gasteiger partial charge in [-0.15, -0.1) is 10.2 Å². The molecule has 2 aliphatic heterocycles. The Morgan fingerprint density at radius 3 is 3.06 bits per heavy atom. The van der Waals surface area contributed by atoms with E-state index in [0.29, 0.717) is 18.2 Å². The normalized spacial score (nSPS) is 32.2. The smallest absolute Gasteiger partial charge is 0.205 e. The van der Waals surface area contributed by atoms with Crippen LogP contribution in [0.1, 0.15) is 37.6 Å². The van der Waals surface area contributed by atoms with Crippen LogP contribution in [0.15, 0.2) is 0 Å². The fourth-order valence-corrected chi connectivity index (χ4v) is 3.48. The third-order valence-electron chi connectivity index (χ3n) is 3.35. The van der Waals surface area contributed by atoms with Gasteiger partial charge < -0.3 is 10.1 Å². The van der Waals surface area contributed by atoms with Gasteiger partial charge in [-0.1, -0.05) is 18.3 Å². The molecule has 3 atom stereocenters. The predicted octanol–water partition coefficient (Wildman–Crippen LogP) is 2.22. The van der Waals surface area contributed by atoms with Crippen molar-refractivity contribution in [1.82, 2.24) is 10.2 Å². The summed E-state index contributed by atoms with van der Waals surface area (Å²) in [6.45, 7) is 2.16. The van der Waals surface area contributed by atoms with Crippen molar-refractivity contribution in [3.63, 3.8) is 0 Å². The van der Waals surface area contributed by atoms with Crippen molar-refractivity contribution in [2.45, 2.75) is 57.3 Å². The maximum Gasteiger partial charge on any atom is 0.205 e. The molecule has 0 radical (unpaired) electrons. The topological polar surface area (TPSA) is 47.0 Å². The van der Waals surface area contributed by atoms with Gasteiger partial charge >= 0.3 is 0 Å². The van der Waals surface area contributed by atoms with E-state index in [2.05, 4.69) is 22.4 Å². The summed E-state index contributed by atoms with van der Waals surface area (Å²) in [5, 5.41) is 13.9. The summed E-state index contributed by atoms with van der Waals surface area (Å²) in [6, 6.07) is 0.459. The van der Waals surface area contributed by atoms with Crippen LogP contribution in [-0.4, -0.2) is 28.4 Å². The van der Waals surface area contributed by atoms with Gasteiger partial charge in [-0.05, 0) is 25.7 Å². The summed E-state index contributed by atoms with van der Waals surface area (Å²) in [6.07, 6.45) is 6.63. The fourth-order valence-electron chi connectivity index (χ4n) is 2.58. The molecule has 3 heterocycles. The molecule has 2 bridgehead atoms. The highest BCUT2D eigenvalue weighted by Crippen LogP contribution is 2.36. The number of ether oxygens (including phenoxy) is 1. The molecule has 0 aromatic carbocycles. The second-order valence-corrected chi connectivity index (χ2v) is 5.67. The van der Waals surface area contributed by atoms with Crippen LogP contribution in [0.3, 0.4) is 0 Å². The number of hydrogen-bond acceptors (Lipinski definition) is 5. The van der Waals surface area contributed by atoms with Crippen molar-refractivity contribution in [2.24, 2.45) is 0 Å². The minimum absolute atomic E-state index is 0.406. The largest absolute Gasteiger partial charge is 0.373 e. The van der Waals surface area contributed by atoms with E-state index >= 15 is 0 Å². The minimum atomic E-state index is 0.406. The maximum absolute atomic E-state index is 5.81. The highest BCUT2D eigenvalue weighted by molar-refractivity contribution is 7.15. The molecule has 88 valence electrons. The summed E-state index contributed by atoms with van der Waals surface area (Å²) in [7, 11) is 0. The van der Waals surface area contributed by atoms with Crippen molar-refractivity contribution in [2.75, 3.05) is 5.32 Å². The second kappa shape index (κ2) is 4.30. The molecule has 2 saturated heterocycles. The number of nitrogens with zero attached hydrogens (tertiary/aromatic N) is 2. The van der Waals surface area contributed by atoms with E-state index in [1.54, 1.807) is 11.3 Å². The standard InChI is InChI=1S/C11H17N3OS/c1-2-3-10-13-14-11(16-10)12-8-6-7-4-5-9(8)15-7/h7-9H,2-6H2,1H3,(H,12,14)/t7-,8+,9-/m0/s1. The summed E-state index contributed by atoms with van der Waals surface area (Å²) in [4.78, 5) is 0. The van der Waals surface area contributed by atoms with Crippen LogP contribution in [0.2, 0.25) is 0 Å². The number of nitrogens with one attached hydrogen (secondary N) is 1. The predicted molar refractivity (Wildman–Crippen MR) is 63.8 cm³/mol. The average Bonchev–Trinajstić information content (AvgIpc) is 2.95. The highest BCUT2D eigenvalue weighted by atomic mass is 32.1. The Hall–Kier alpha value is -0.680. The minimum Gasteiger partial charge on any atom is -0.373 e. The Kier molecular flexibility index (Phi) is 2.81. The Bertz CT molecular complexity index is 368. The van der Waals surface area contributed by atoms with Gasteiger partial charge in [0.25, 0.3) is 0 Å². The Balaban J connectivity index is 1.61. The Labute approximate surface area is 99.4 Å². The van der Waals surface area contributed by atoms with E-state index in [9.17, 15) is 0 Å². The van der Waals surface area contributed by atoms with Crippen LogP contribution in [0.25, 0.3) is 0 Å². The quantitative estimate of drug-likeness (QED) is 0.875. The van der Waals surface area contributed by atoms with Crippen LogP contribution in [0, 0.1) is 0 Å². The van der Waals surface area contributed by atoms with Gasteiger partial charge in [0.1, 0.15) is 5.01 Å². The first-order chi connectivity index (χ1) is 7.85. The van der Waals surface area contributed by atoms with Crippen LogP contribution < -0.4 is 5.32 Å². The molecular weight excluding hydrogens is 222 g/mol. The van der Waals surface area contributed by atoms with Gasteiger partial charge in [0.05, 0.1) is 18.2 Å². The summed E-state index contributed by atoms with van der Waals surface area (Å²) in [5.74, 6) is 0. The second-order valence-electron chi connectivity index (χ2n) is 4.61. The van der Waals surface area contributed by atoms with E-state index in [4.69, 9.17) is 4.74 Å². The van der Waals surface area contributed by atoms with Crippen molar-refractivity contribution in [3.8, 4) is 0 Å². The molecule has 0 spiro atoms. The summed E-state index contributed by atoms with van der Waals surface area (Å²) < 4.78 is 5.81. The highest BCUT2D eigenvalue weighted by Gasteiger charge is 2.41. The van der Waals surface area contributed by atoms with Crippen molar-refractivity contribution in [3.05, 3.63) is 5.01 Å². The molecule has 0 aliphatic carbocycles. The summed E-state index contributed by atoms with van der Waals surface area (Å²) >= 11 is 1.68. The number of aryl methyl sites for hydroxylation is 1. The van der Waals surface area contributed by atoms with E-state index in [0.717, 1.165) is 29.4 Å². The maximum atomic E-state index is 5.81. The zero-order valence-corrected chi connectivity index (χ0v) is 10.3. The van der Waals surface area contributed by atoms with Gasteiger partial charge in [-0.2, -0.15) is 0 Å². The average molecular weight is 239 g/mol. The molecule has 16 heavy (non-hydrogen) atoms. The molecule has 0 unspecified atom stereocenters. The monoisotopic (exact) mass is 239 g/mol. The van der Waals surface area contributed by atoms with Crippen molar-refractivity contribution in [1.29, 1.82) is 0 Å². The van der Waals surface area contributed by atoms with Crippen LogP contribution in [-0.2, 0) is 11.2 Å². The zero-order valence-electron chi connectivity index (χ0n) is 9.48. The molecule has 2 aliphatic rings. The number of anilines is 1. The third-order valence-corrected chi connectivity index (χ3v) is 4.26. The van der Waals surface area contributed by atoms with Gasteiger partial charge in [-0.3, -0.25) is 0 Å². The lowest BCUT2D eigenvalue weighted by Crippen LogP contribution is -2.30. The first kappa shape index (κ1) is 10.5. The SMILES string of the molecule is CCCc1nnc(N[C@@H]2C[C@@H]3CC[C@@H]2O3)s1.